The molecule has 1 fully saturated rings. The fourth-order valence-corrected chi connectivity index (χ4v) is 4.31. The van der Waals surface area contributed by atoms with Crippen LogP contribution in [0.15, 0.2) is 34.2 Å². The maximum Gasteiger partial charge on any atom is 0.184 e. The first-order valence-electron chi connectivity index (χ1n) is 7.19. The molecule has 1 saturated carbocycles. The number of allylic oxidation sites excluding steroid dienone is 2. The van der Waals surface area contributed by atoms with Crippen LogP contribution in [0.4, 0.5) is 0 Å². The lowest BCUT2D eigenvalue weighted by molar-refractivity contribution is -0.113. The number of hydrogen-bond donors (Lipinski definition) is 1. The zero-order valence-electron chi connectivity index (χ0n) is 12.0. The summed E-state index contributed by atoms with van der Waals surface area (Å²) in [5.74, 6) is 0.167. The van der Waals surface area contributed by atoms with E-state index in [0.717, 1.165) is 35.3 Å². The number of thiophene rings is 1. The predicted octanol–water partition coefficient (Wildman–Crippen LogP) is 3.97. The second-order valence-electron chi connectivity index (χ2n) is 6.12. The van der Waals surface area contributed by atoms with Gasteiger partial charge in [0.05, 0.1) is 6.10 Å². The Bertz CT molecular complexity index is 595. The van der Waals surface area contributed by atoms with Crippen LogP contribution in [-0.2, 0) is 4.79 Å². The van der Waals surface area contributed by atoms with E-state index in [1.165, 1.54) is 5.57 Å². The van der Waals surface area contributed by atoms with Crippen molar-refractivity contribution in [1.82, 2.24) is 0 Å². The van der Waals surface area contributed by atoms with Gasteiger partial charge in [0, 0.05) is 15.9 Å². The van der Waals surface area contributed by atoms with E-state index in [2.05, 4.69) is 6.92 Å². The van der Waals surface area contributed by atoms with Crippen molar-refractivity contribution in [3.63, 3.8) is 0 Å². The molecule has 1 heterocycles. The molecule has 2 aliphatic rings. The van der Waals surface area contributed by atoms with Gasteiger partial charge in [-0.15, -0.1) is 11.3 Å². The highest BCUT2D eigenvalue weighted by molar-refractivity contribution is 7.10. The van der Waals surface area contributed by atoms with Gasteiger partial charge in [0.15, 0.2) is 5.78 Å². The molecule has 0 bridgehead atoms. The van der Waals surface area contributed by atoms with E-state index in [1.54, 1.807) is 11.3 Å². The molecule has 3 rings (SSSR count). The summed E-state index contributed by atoms with van der Waals surface area (Å²) in [6.45, 7) is 4.04. The van der Waals surface area contributed by atoms with E-state index in [0.29, 0.717) is 6.42 Å². The first-order valence-corrected chi connectivity index (χ1v) is 8.07. The van der Waals surface area contributed by atoms with Crippen LogP contribution in [-0.4, -0.2) is 17.0 Å². The zero-order valence-corrected chi connectivity index (χ0v) is 12.8. The lowest BCUT2D eigenvalue weighted by atomic mass is 9.61. The Hall–Kier alpha value is -1.19. The average molecular weight is 288 g/mol. The van der Waals surface area contributed by atoms with Gasteiger partial charge < -0.3 is 5.11 Å². The number of rotatable bonds is 1. The molecule has 0 unspecified atom stereocenters. The number of Topliss-reactive ketones (excluding diaryl/α,β-unsaturated/α-hetero) is 1. The van der Waals surface area contributed by atoms with Gasteiger partial charge in [-0.25, -0.2) is 0 Å². The minimum absolute atomic E-state index is 0.167. The lowest BCUT2D eigenvalue weighted by Gasteiger charge is -2.45. The molecular formula is C17H20O2S. The molecule has 1 N–H and O–H groups in total. The van der Waals surface area contributed by atoms with Crippen LogP contribution in [0.1, 0.15) is 44.4 Å². The summed E-state index contributed by atoms with van der Waals surface area (Å²) in [7, 11) is 0. The number of carbonyl (C=O) groups excluding carboxylic acids is 1. The largest absolute Gasteiger partial charge is 0.392 e. The molecule has 0 aliphatic heterocycles. The molecule has 2 nitrogen and oxygen atoms in total. The highest BCUT2D eigenvalue weighted by Gasteiger charge is 2.45. The number of aliphatic hydroxyl groups excluding tert-OH is 1. The summed E-state index contributed by atoms with van der Waals surface area (Å²) < 4.78 is 0. The standard InChI is InChI=1S/C17H20O2S/c1-11-14-6-3-7-15(18)17(14,2)10-12(16(11)19)9-13-5-4-8-20-13/h4-5,8-9,15,18H,3,6-7,10H2,1-2H3/b12-9+/t15-,17-/m0/s1. The number of carbonyl (C=O) groups is 1. The fourth-order valence-electron chi connectivity index (χ4n) is 3.63. The Morgan fingerprint density at radius 1 is 1.50 bits per heavy atom. The Kier molecular flexibility index (Phi) is 3.43. The van der Waals surface area contributed by atoms with Crippen molar-refractivity contribution < 1.29 is 9.90 Å². The predicted molar refractivity (Wildman–Crippen MR) is 82.6 cm³/mol. The van der Waals surface area contributed by atoms with E-state index in [9.17, 15) is 9.90 Å². The summed E-state index contributed by atoms with van der Waals surface area (Å²) >= 11 is 1.64. The molecule has 1 aromatic heterocycles. The molecule has 106 valence electrons. The van der Waals surface area contributed by atoms with Crippen molar-refractivity contribution in [2.75, 3.05) is 0 Å². The molecule has 2 atom stereocenters. The molecule has 2 aliphatic carbocycles. The van der Waals surface area contributed by atoms with Crippen molar-refractivity contribution in [1.29, 1.82) is 0 Å². The van der Waals surface area contributed by atoms with E-state index < -0.39 is 0 Å². The maximum atomic E-state index is 12.6. The van der Waals surface area contributed by atoms with Gasteiger partial charge in [0.1, 0.15) is 0 Å². The topological polar surface area (TPSA) is 37.3 Å². The normalized spacial score (nSPS) is 32.6. The number of aliphatic hydroxyl groups is 1. The van der Waals surface area contributed by atoms with Crippen molar-refractivity contribution in [2.45, 2.75) is 45.6 Å². The van der Waals surface area contributed by atoms with E-state index in [1.807, 2.05) is 30.5 Å². The van der Waals surface area contributed by atoms with Crippen LogP contribution in [0, 0.1) is 5.41 Å². The molecule has 0 spiro atoms. The van der Waals surface area contributed by atoms with Crippen molar-refractivity contribution >= 4 is 23.2 Å². The lowest BCUT2D eigenvalue weighted by Crippen LogP contribution is -2.42. The molecule has 3 heteroatoms. The van der Waals surface area contributed by atoms with E-state index in [4.69, 9.17) is 0 Å². The average Bonchev–Trinajstić information content (AvgIpc) is 2.91. The van der Waals surface area contributed by atoms with Crippen LogP contribution < -0.4 is 0 Å². The number of ketones is 1. The Balaban J connectivity index is 2.06. The third-order valence-electron chi connectivity index (χ3n) is 4.83. The van der Waals surface area contributed by atoms with Gasteiger partial charge >= 0.3 is 0 Å². The first-order chi connectivity index (χ1) is 9.52. The van der Waals surface area contributed by atoms with Gasteiger partial charge in [0.2, 0.25) is 0 Å². The van der Waals surface area contributed by atoms with Gasteiger partial charge in [-0.2, -0.15) is 0 Å². The summed E-state index contributed by atoms with van der Waals surface area (Å²) in [5, 5.41) is 12.5. The molecule has 0 radical (unpaired) electrons. The second kappa shape index (κ2) is 4.97. The van der Waals surface area contributed by atoms with Gasteiger partial charge in [-0.05, 0) is 55.7 Å². The maximum absolute atomic E-state index is 12.6. The molecular weight excluding hydrogens is 268 g/mol. The van der Waals surface area contributed by atoms with Crippen molar-refractivity contribution in [2.24, 2.45) is 5.41 Å². The van der Waals surface area contributed by atoms with Crippen molar-refractivity contribution in [3.8, 4) is 0 Å². The number of hydrogen-bond acceptors (Lipinski definition) is 3. The second-order valence-corrected chi connectivity index (χ2v) is 7.10. The van der Waals surface area contributed by atoms with Crippen LogP contribution in [0.3, 0.4) is 0 Å². The molecule has 1 aromatic rings. The smallest absolute Gasteiger partial charge is 0.184 e. The zero-order chi connectivity index (χ0) is 14.3. The number of fused-ring (bicyclic) bond motifs is 1. The minimum atomic E-state index is -0.332. The monoisotopic (exact) mass is 288 g/mol. The van der Waals surface area contributed by atoms with E-state index in [-0.39, 0.29) is 17.3 Å². The van der Waals surface area contributed by atoms with Gasteiger partial charge in [-0.3, -0.25) is 4.79 Å². The summed E-state index contributed by atoms with van der Waals surface area (Å²) in [6.07, 6.45) is 5.12. The fraction of sp³-hybridized carbons (Fsp3) is 0.471. The Morgan fingerprint density at radius 3 is 3.00 bits per heavy atom. The third-order valence-corrected chi connectivity index (χ3v) is 5.65. The summed E-state index contributed by atoms with van der Waals surface area (Å²) in [5.41, 5.74) is 2.64. The SMILES string of the molecule is CC1=C2CCC[C@H](O)[C@@]2(C)C/C(=C\c2cccs2)C1=O. The quantitative estimate of drug-likeness (QED) is 0.794. The molecule has 0 saturated heterocycles. The van der Waals surface area contributed by atoms with Crippen LogP contribution in [0.25, 0.3) is 6.08 Å². The molecule has 0 aromatic carbocycles. The highest BCUT2D eigenvalue weighted by Crippen LogP contribution is 2.50. The van der Waals surface area contributed by atoms with Gasteiger partial charge in [0.25, 0.3) is 0 Å². The summed E-state index contributed by atoms with van der Waals surface area (Å²) in [4.78, 5) is 13.7. The van der Waals surface area contributed by atoms with Crippen LogP contribution in [0.2, 0.25) is 0 Å². The third kappa shape index (κ3) is 2.09. The van der Waals surface area contributed by atoms with Crippen molar-refractivity contribution in [3.05, 3.63) is 39.1 Å². The van der Waals surface area contributed by atoms with Gasteiger partial charge in [-0.1, -0.05) is 18.6 Å². The van der Waals surface area contributed by atoms with Crippen LogP contribution >= 0.6 is 11.3 Å². The summed E-state index contributed by atoms with van der Waals surface area (Å²) in [6, 6.07) is 4.02. The van der Waals surface area contributed by atoms with Crippen LogP contribution in [0.5, 0.6) is 0 Å². The molecule has 0 amide bonds. The first kappa shape index (κ1) is 13.8. The Morgan fingerprint density at radius 2 is 2.30 bits per heavy atom. The molecule has 20 heavy (non-hydrogen) atoms. The minimum Gasteiger partial charge on any atom is -0.392 e. The van der Waals surface area contributed by atoms with E-state index >= 15 is 0 Å². The Labute approximate surface area is 123 Å². The highest BCUT2D eigenvalue weighted by atomic mass is 32.1.